The molecule has 0 fully saturated rings. The number of rotatable bonds is 7. The zero-order valence-corrected chi connectivity index (χ0v) is 18.6. The van der Waals surface area contributed by atoms with Crippen molar-refractivity contribution in [3.8, 4) is 17.6 Å². The Bertz CT molecular complexity index is 1130. The lowest BCUT2D eigenvalue weighted by molar-refractivity contribution is 0.0706. The first-order valence-corrected chi connectivity index (χ1v) is 9.69. The maximum atomic E-state index is 12.5. The first kappa shape index (κ1) is 24.8. The number of hydrogen-bond acceptors (Lipinski definition) is 5. The van der Waals surface area contributed by atoms with E-state index in [0.29, 0.717) is 23.4 Å². The molecule has 0 bridgehead atoms. The van der Waals surface area contributed by atoms with Crippen molar-refractivity contribution in [2.45, 2.75) is 0 Å². The molecular weight excluding hydrogens is 432 g/mol. The summed E-state index contributed by atoms with van der Waals surface area (Å²) in [6.07, 6.45) is 0. The summed E-state index contributed by atoms with van der Waals surface area (Å²) in [5.74, 6) is 5.66. The van der Waals surface area contributed by atoms with Gasteiger partial charge in [-0.05, 0) is 56.6 Å². The molecular formula is C23H25ClN4O4. The smallest absolute Gasteiger partial charge is 0.274 e. The highest BCUT2D eigenvalue weighted by molar-refractivity contribution is 5.99. The van der Waals surface area contributed by atoms with Crippen LogP contribution in [0.1, 0.15) is 26.4 Å². The van der Waals surface area contributed by atoms with E-state index in [1.54, 1.807) is 35.8 Å². The van der Waals surface area contributed by atoms with Gasteiger partial charge in [-0.15, -0.1) is 12.4 Å². The fourth-order valence-electron chi connectivity index (χ4n) is 2.85. The van der Waals surface area contributed by atoms with Gasteiger partial charge in [0.25, 0.3) is 11.8 Å². The number of likely N-dealkylation sites (N-methyl/N-ethyl adjacent to an activating group) is 1. The van der Waals surface area contributed by atoms with Crippen molar-refractivity contribution < 1.29 is 19.5 Å². The lowest BCUT2D eigenvalue weighted by Gasteiger charge is -2.11. The lowest BCUT2D eigenvalue weighted by Crippen LogP contribution is -2.23. The van der Waals surface area contributed by atoms with Crippen molar-refractivity contribution in [3.05, 3.63) is 65.4 Å². The Hall–Kier alpha value is -3.51. The average Bonchev–Trinajstić information content (AvgIpc) is 3.21. The molecule has 168 valence electrons. The molecule has 4 N–H and O–H groups in total. The Balaban J connectivity index is 0.00000363. The quantitative estimate of drug-likeness (QED) is 0.248. The summed E-state index contributed by atoms with van der Waals surface area (Å²) in [4.78, 5) is 28.9. The molecule has 0 atom stereocenters. The number of aromatic nitrogens is 1. The van der Waals surface area contributed by atoms with Crippen LogP contribution in [0.25, 0.3) is 10.9 Å². The number of nitrogens with zero attached hydrogens (tertiary/aromatic N) is 1. The van der Waals surface area contributed by atoms with Crippen molar-refractivity contribution >= 4 is 35.1 Å². The van der Waals surface area contributed by atoms with Crippen LogP contribution in [-0.2, 0) is 0 Å². The Morgan fingerprint density at radius 3 is 2.56 bits per heavy atom. The van der Waals surface area contributed by atoms with Crippen molar-refractivity contribution in [2.24, 2.45) is 0 Å². The van der Waals surface area contributed by atoms with Gasteiger partial charge < -0.3 is 19.9 Å². The number of aromatic amines is 1. The van der Waals surface area contributed by atoms with Crippen LogP contribution in [0, 0.1) is 11.8 Å². The second kappa shape index (κ2) is 11.8. The summed E-state index contributed by atoms with van der Waals surface area (Å²) in [5, 5.41) is 12.2. The molecule has 0 saturated heterocycles. The zero-order valence-electron chi connectivity index (χ0n) is 17.8. The Kier molecular flexibility index (Phi) is 9.10. The highest BCUT2D eigenvalue weighted by Gasteiger charge is 2.11. The minimum absolute atomic E-state index is 0. The molecule has 0 radical (unpaired) electrons. The third-order valence-electron chi connectivity index (χ3n) is 4.48. The molecule has 0 saturated carbocycles. The standard InChI is InChI=1S/C23H24N4O4.ClH/c1-27(2)13-14-31-21-7-3-6-19-18(21)15-20(25-19)23(29)24-12-4-5-16-8-10-17(11-9-16)22(28)26-30;/h3,6-11,15,25,30H,12-14H2,1-2H3,(H,24,29)(H,26,28);1H. The zero-order chi connectivity index (χ0) is 22.2. The summed E-state index contributed by atoms with van der Waals surface area (Å²) in [5.41, 5.74) is 3.84. The van der Waals surface area contributed by atoms with E-state index in [1.807, 2.05) is 37.2 Å². The van der Waals surface area contributed by atoms with Crippen molar-refractivity contribution in [2.75, 3.05) is 33.8 Å². The molecule has 0 spiro atoms. The van der Waals surface area contributed by atoms with Crippen LogP contribution in [0.3, 0.4) is 0 Å². The van der Waals surface area contributed by atoms with Gasteiger partial charge in [0.05, 0.1) is 6.54 Å². The van der Waals surface area contributed by atoms with Crippen LogP contribution in [0.4, 0.5) is 0 Å². The summed E-state index contributed by atoms with van der Waals surface area (Å²) >= 11 is 0. The van der Waals surface area contributed by atoms with E-state index in [9.17, 15) is 9.59 Å². The molecule has 1 aromatic heterocycles. The van der Waals surface area contributed by atoms with Gasteiger partial charge in [0, 0.05) is 28.6 Å². The van der Waals surface area contributed by atoms with Gasteiger partial charge in [-0.2, -0.15) is 0 Å². The van der Waals surface area contributed by atoms with Gasteiger partial charge in [0.2, 0.25) is 0 Å². The fourth-order valence-corrected chi connectivity index (χ4v) is 2.85. The number of H-pyrrole nitrogens is 1. The van der Waals surface area contributed by atoms with Crippen molar-refractivity contribution in [1.82, 2.24) is 20.7 Å². The first-order valence-electron chi connectivity index (χ1n) is 9.69. The van der Waals surface area contributed by atoms with Crippen LogP contribution in [-0.4, -0.2) is 60.7 Å². The first-order chi connectivity index (χ1) is 15.0. The summed E-state index contributed by atoms with van der Waals surface area (Å²) in [7, 11) is 3.96. The molecule has 0 aliphatic rings. The third-order valence-corrected chi connectivity index (χ3v) is 4.48. The Morgan fingerprint density at radius 1 is 1.12 bits per heavy atom. The summed E-state index contributed by atoms with van der Waals surface area (Å²) in [6.45, 7) is 1.52. The molecule has 1 heterocycles. The predicted molar refractivity (Wildman–Crippen MR) is 125 cm³/mol. The van der Waals surface area contributed by atoms with E-state index in [-0.39, 0.29) is 24.9 Å². The molecule has 8 nitrogen and oxygen atoms in total. The van der Waals surface area contributed by atoms with Gasteiger partial charge >= 0.3 is 0 Å². The molecule has 0 unspecified atom stereocenters. The van der Waals surface area contributed by atoms with E-state index in [0.717, 1.165) is 23.2 Å². The molecule has 3 aromatic rings. The number of halogens is 1. The number of ether oxygens (including phenoxy) is 1. The lowest BCUT2D eigenvalue weighted by atomic mass is 10.1. The van der Waals surface area contributed by atoms with Gasteiger partial charge in [-0.25, -0.2) is 5.48 Å². The van der Waals surface area contributed by atoms with Crippen LogP contribution in [0.2, 0.25) is 0 Å². The molecule has 3 rings (SSSR count). The topological polar surface area (TPSA) is 107 Å². The second-order valence-electron chi connectivity index (χ2n) is 7.05. The molecule has 9 heteroatoms. The number of nitrogens with one attached hydrogen (secondary N) is 3. The second-order valence-corrected chi connectivity index (χ2v) is 7.05. The molecule has 0 aliphatic heterocycles. The minimum Gasteiger partial charge on any atom is -0.492 e. The number of fused-ring (bicyclic) bond motifs is 1. The minimum atomic E-state index is -0.587. The van der Waals surface area contributed by atoms with Crippen LogP contribution < -0.4 is 15.5 Å². The number of carbonyl (C=O) groups is 2. The van der Waals surface area contributed by atoms with Gasteiger partial charge in [0.15, 0.2) is 0 Å². The molecule has 32 heavy (non-hydrogen) atoms. The van der Waals surface area contributed by atoms with E-state index in [4.69, 9.17) is 9.94 Å². The monoisotopic (exact) mass is 456 g/mol. The number of carbonyl (C=O) groups excluding carboxylic acids is 2. The maximum Gasteiger partial charge on any atom is 0.274 e. The average molecular weight is 457 g/mol. The number of amides is 2. The van der Waals surface area contributed by atoms with Gasteiger partial charge in [-0.1, -0.05) is 17.9 Å². The number of hydroxylamine groups is 1. The normalized spacial score (nSPS) is 10.1. The SMILES string of the molecule is CN(C)CCOc1cccc2[nH]c(C(=O)NCC#Cc3ccc(C(=O)NO)cc3)cc12.Cl. The fraction of sp³-hybridized carbons (Fsp3) is 0.217. The predicted octanol–water partition coefficient (Wildman–Crippen LogP) is 2.43. The maximum absolute atomic E-state index is 12.5. The Labute approximate surface area is 192 Å². The Morgan fingerprint density at radius 2 is 1.88 bits per heavy atom. The van der Waals surface area contributed by atoms with Gasteiger partial charge in [-0.3, -0.25) is 14.8 Å². The van der Waals surface area contributed by atoms with E-state index >= 15 is 0 Å². The van der Waals surface area contributed by atoms with E-state index in [1.165, 1.54) is 0 Å². The summed E-state index contributed by atoms with van der Waals surface area (Å²) in [6, 6.07) is 13.9. The van der Waals surface area contributed by atoms with E-state index < -0.39 is 5.91 Å². The molecule has 0 aliphatic carbocycles. The van der Waals surface area contributed by atoms with E-state index in [2.05, 4.69) is 22.1 Å². The van der Waals surface area contributed by atoms with Crippen LogP contribution in [0.5, 0.6) is 5.75 Å². The molecule has 2 amide bonds. The van der Waals surface area contributed by atoms with Crippen LogP contribution >= 0.6 is 12.4 Å². The largest absolute Gasteiger partial charge is 0.492 e. The number of benzene rings is 2. The van der Waals surface area contributed by atoms with Gasteiger partial charge in [0.1, 0.15) is 18.1 Å². The van der Waals surface area contributed by atoms with Crippen LogP contribution in [0.15, 0.2) is 48.5 Å². The molecule has 2 aromatic carbocycles. The highest BCUT2D eigenvalue weighted by atomic mass is 35.5. The third kappa shape index (κ3) is 6.49. The summed E-state index contributed by atoms with van der Waals surface area (Å²) < 4.78 is 5.85. The number of hydrogen-bond donors (Lipinski definition) is 4. The van der Waals surface area contributed by atoms with Crippen molar-refractivity contribution in [3.63, 3.8) is 0 Å². The highest BCUT2D eigenvalue weighted by Crippen LogP contribution is 2.26. The van der Waals surface area contributed by atoms with Crippen molar-refractivity contribution in [1.29, 1.82) is 0 Å².